The minimum Gasteiger partial charge on any atom is -0.348 e. The summed E-state index contributed by atoms with van der Waals surface area (Å²) in [5.74, 6) is 0.540. The summed E-state index contributed by atoms with van der Waals surface area (Å²) in [6.45, 7) is 1.71. The molecule has 0 radical (unpaired) electrons. The van der Waals surface area contributed by atoms with Gasteiger partial charge in [-0.1, -0.05) is 24.3 Å². The molecule has 1 aromatic heterocycles. The summed E-state index contributed by atoms with van der Waals surface area (Å²) in [5.41, 5.74) is 2.65. The molecule has 1 aromatic carbocycles. The van der Waals surface area contributed by atoms with Crippen molar-refractivity contribution in [2.45, 2.75) is 13.1 Å². The van der Waals surface area contributed by atoms with Crippen molar-refractivity contribution in [1.29, 1.82) is 0 Å². The Morgan fingerprint density at radius 1 is 1.00 bits per heavy atom. The predicted molar refractivity (Wildman–Crippen MR) is 60.5 cm³/mol. The average Bonchev–Trinajstić information content (AvgIpc) is 2.73. The smallest absolute Gasteiger partial charge is 0.141 e. The third-order valence-corrected chi connectivity index (χ3v) is 2.88. The van der Waals surface area contributed by atoms with Gasteiger partial charge in [0.15, 0.2) is 0 Å². The summed E-state index contributed by atoms with van der Waals surface area (Å²) >= 11 is 0. The van der Waals surface area contributed by atoms with Crippen LogP contribution in [0.2, 0.25) is 0 Å². The lowest BCUT2D eigenvalue weighted by Gasteiger charge is -2.15. The normalized spacial score (nSPS) is 13.9. The fourth-order valence-corrected chi connectivity index (χ4v) is 2.05. The van der Waals surface area contributed by atoms with Crippen LogP contribution in [0.5, 0.6) is 0 Å². The van der Waals surface area contributed by atoms with E-state index in [2.05, 4.69) is 22.0 Å². The van der Waals surface area contributed by atoms with Crippen molar-refractivity contribution in [2.24, 2.45) is 0 Å². The van der Waals surface area contributed by atoms with Crippen LogP contribution >= 0.6 is 0 Å². The molecule has 0 saturated carbocycles. The van der Waals surface area contributed by atoms with E-state index in [0.29, 0.717) is 0 Å². The van der Waals surface area contributed by atoms with Gasteiger partial charge in [0.05, 0.1) is 6.20 Å². The minimum atomic E-state index is -0.291. The second-order valence-corrected chi connectivity index (χ2v) is 3.96. The second-order valence-electron chi connectivity index (χ2n) is 3.96. The van der Waals surface area contributed by atoms with Gasteiger partial charge in [0.1, 0.15) is 11.6 Å². The van der Waals surface area contributed by atoms with Gasteiger partial charge in [0, 0.05) is 13.1 Å². The highest BCUT2D eigenvalue weighted by molar-refractivity contribution is 5.46. The summed E-state index contributed by atoms with van der Waals surface area (Å²) in [7, 11) is 0. The van der Waals surface area contributed by atoms with Gasteiger partial charge >= 0.3 is 0 Å². The van der Waals surface area contributed by atoms with E-state index in [4.69, 9.17) is 0 Å². The number of anilines is 1. The third kappa shape index (κ3) is 1.54. The maximum absolute atomic E-state index is 12.8. The van der Waals surface area contributed by atoms with E-state index in [1.165, 1.54) is 23.4 Å². The van der Waals surface area contributed by atoms with Crippen LogP contribution in [-0.2, 0) is 13.1 Å². The molecule has 0 unspecified atom stereocenters. The largest absolute Gasteiger partial charge is 0.348 e. The number of benzene rings is 1. The first-order chi connectivity index (χ1) is 7.83. The molecule has 3 heteroatoms. The highest BCUT2D eigenvalue weighted by Crippen LogP contribution is 2.26. The molecule has 1 aliphatic rings. The van der Waals surface area contributed by atoms with Crippen molar-refractivity contribution in [3.8, 4) is 0 Å². The summed E-state index contributed by atoms with van der Waals surface area (Å²) in [6.07, 6.45) is 1.26. The van der Waals surface area contributed by atoms with E-state index < -0.39 is 0 Å². The molecule has 3 rings (SSSR count). The van der Waals surface area contributed by atoms with E-state index in [1.807, 2.05) is 12.1 Å². The lowest BCUT2D eigenvalue weighted by Crippen LogP contribution is -2.15. The minimum absolute atomic E-state index is 0.291. The molecule has 2 nitrogen and oxygen atoms in total. The monoisotopic (exact) mass is 214 g/mol. The molecular weight excluding hydrogens is 203 g/mol. The number of aromatic nitrogens is 1. The molecule has 80 valence electrons. The predicted octanol–water partition coefficient (Wildman–Crippen LogP) is 2.74. The van der Waals surface area contributed by atoms with Gasteiger partial charge in [-0.15, -0.1) is 0 Å². The number of halogens is 1. The van der Waals surface area contributed by atoms with Gasteiger partial charge in [-0.05, 0) is 23.3 Å². The molecule has 0 saturated heterocycles. The molecule has 0 N–H and O–H groups in total. The van der Waals surface area contributed by atoms with E-state index >= 15 is 0 Å². The first-order valence-corrected chi connectivity index (χ1v) is 5.26. The SMILES string of the molecule is Fc1ccc(N2Cc3ccccc3C2)nc1. The molecule has 2 aromatic rings. The van der Waals surface area contributed by atoms with Crippen LogP contribution in [0.1, 0.15) is 11.1 Å². The maximum Gasteiger partial charge on any atom is 0.141 e. The molecule has 1 aliphatic heterocycles. The number of pyridine rings is 1. The first kappa shape index (κ1) is 9.33. The van der Waals surface area contributed by atoms with Gasteiger partial charge in [0.2, 0.25) is 0 Å². The Labute approximate surface area is 93.4 Å². The Morgan fingerprint density at radius 3 is 2.25 bits per heavy atom. The van der Waals surface area contributed by atoms with Crippen molar-refractivity contribution in [3.05, 3.63) is 59.5 Å². The zero-order valence-electron chi connectivity index (χ0n) is 8.73. The molecule has 2 heterocycles. The van der Waals surface area contributed by atoms with Gasteiger partial charge < -0.3 is 4.90 Å². The summed E-state index contributed by atoms with van der Waals surface area (Å²) < 4.78 is 12.8. The molecule has 0 spiro atoms. The summed E-state index contributed by atoms with van der Waals surface area (Å²) in [6, 6.07) is 11.5. The van der Waals surface area contributed by atoms with Crippen LogP contribution < -0.4 is 4.90 Å². The highest BCUT2D eigenvalue weighted by Gasteiger charge is 2.18. The van der Waals surface area contributed by atoms with Crippen LogP contribution in [-0.4, -0.2) is 4.98 Å². The van der Waals surface area contributed by atoms with Gasteiger partial charge in [-0.25, -0.2) is 9.37 Å². The van der Waals surface area contributed by atoms with Crippen molar-refractivity contribution in [2.75, 3.05) is 4.90 Å². The van der Waals surface area contributed by atoms with Gasteiger partial charge in [-0.2, -0.15) is 0 Å². The van der Waals surface area contributed by atoms with Crippen molar-refractivity contribution >= 4 is 5.82 Å². The van der Waals surface area contributed by atoms with Gasteiger partial charge in [0.25, 0.3) is 0 Å². The highest BCUT2D eigenvalue weighted by atomic mass is 19.1. The van der Waals surface area contributed by atoms with Crippen LogP contribution in [0, 0.1) is 5.82 Å². The van der Waals surface area contributed by atoms with E-state index in [-0.39, 0.29) is 5.82 Å². The Kier molecular flexibility index (Phi) is 2.10. The standard InChI is InChI=1S/C13H11FN2/c14-12-5-6-13(15-7-12)16-8-10-3-1-2-4-11(10)9-16/h1-7H,8-9H2. The van der Waals surface area contributed by atoms with Crippen LogP contribution in [0.15, 0.2) is 42.6 Å². The molecular formula is C13H11FN2. The molecule has 16 heavy (non-hydrogen) atoms. The van der Waals surface area contributed by atoms with Crippen LogP contribution in [0.4, 0.5) is 10.2 Å². The zero-order valence-corrected chi connectivity index (χ0v) is 8.73. The van der Waals surface area contributed by atoms with E-state index in [1.54, 1.807) is 6.07 Å². The lowest BCUT2D eigenvalue weighted by molar-refractivity contribution is 0.620. The number of fused-ring (bicyclic) bond motifs is 1. The zero-order chi connectivity index (χ0) is 11.0. The topological polar surface area (TPSA) is 16.1 Å². The average molecular weight is 214 g/mol. The fraction of sp³-hybridized carbons (Fsp3) is 0.154. The Bertz CT molecular complexity index is 483. The Balaban J connectivity index is 1.88. The lowest BCUT2D eigenvalue weighted by atomic mass is 10.1. The van der Waals surface area contributed by atoms with Crippen molar-refractivity contribution in [1.82, 2.24) is 4.98 Å². The first-order valence-electron chi connectivity index (χ1n) is 5.26. The molecule has 0 aliphatic carbocycles. The summed E-state index contributed by atoms with van der Waals surface area (Å²) in [4.78, 5) is 6.24. The molecule has 0 bridgehead atoms. The van der Waals surface area contributed by atoms with Gasteiger partial charge in [-0.3, -0.25) is 0 Å². The Hall–Kier alpha value is -1.90. The van der Waals surface area contributed by atoms with Crippen molar-refractivity contribution in [3.63, 3.8) is 0 Å². The fourth-order valence-electron chi connectivity index (χ4n) is 2.05. The maximum atomic E-state index is 12.8. The molecule has 0 fully saturated rings. The third-order valence-electron chi connectivity index (χ3n) is 2.88. The van der Waals surface area contributed by atoms with Crippen LogP contribution in [0.25, 0.3) is 0 Å². The quantitative estimate of drug-likeness (QED) is 0.725. The number of hydrogen-bond donors (Lipinski definition) is 0. The van der Waals surface area contributed by atoms with E-state index in [0.717, 1.165) is 18.9 Å². The molecule has 0 amide bonds. The Morgan fingerprint density at radius 2 is 1.69 bits per heavy atom. The second kappa shape index (κ2) is 3.59. The number of nitrogens with zero attached hydrogens (tertiary/aromatic N) is 2. The summed E-state index contributed by atoms with van der Waals surface area (Å²) in [5, 5.41) is 0. The number of hydrogen-bond acceptors (Lipinski definition) is 2. The van der Waals surface area contributed by atoms with Crippen LogP contribution in [0.3, 0.4) is 0 Å². The van der Waals surface area contributed by atoms with E-state index in [9.17, 15) is 4.39 Å². The van der Waals surface area contributed by atoms with Crippen molar-refractivity contribution < 1.29 is 4.39 Å². The number of rotatable bonds is 1. The molecule has 0 atom stereocenters.